The summed E-state index contributed by atoms with van der Waals surface area (Å²) >= 11 is 0. The molecule has 0 rings (SSSR count). The molecule has 0 spiro atoms. The first-order valence-electron chi connectivity index (χ1n) is 6.08. The van der Waals surface area contributed by atoms with Gasteiger partial charge in [0.05, 0.1) is 0 Å². The first-order chi connectivity index (χ1) is 8.56. The number of amides is 3. The predicted octanol–water partition coefficient (Wildman–Crippen LogP) is 0.150. The molecule has 3 amide bonds. The van der Waals surface area contributed by atoms with Crippen molar-refractivity contribution in [2.45, 2.75) is 52.3 Å². The predicted molar refractivity (Wildman–Crippen MR) is 70.5 cm³/mol. The molecule has 3 N–H and O–H groups in total. The maximum Gasteiger partial charge on any atom is 0.408 e. The Morgan fingerprint density at radius 3 is 1.84 bits per heavy atom. The third-order valence-electron chi connectivity index (χ3n) is 2.12. The zero-order valence-corrected chi connectivity index (χ0v) is 12.3. The molecular weight excluding hydrogens is 250 g/mol. The Morgan fingerprint density at radius 1 is 0.947 bits per heavy atom. The highest BCUT2D eigenvalue weighted by atomic mass is 16.6. The summed E-state index contributed by atoms with van der Waals surface area (Å²) in [5.41, 5.74) is -0.629. The molecule has 0 saturated heterocycles. The van der Waals surface area contributed by atoms with E-state index in [1.807, 2.05) is 0 Å². The summed E-state index contributed by atoms with van der Waals surface area (Å²) in [6.45, 7) is 8.24. The van der Waals surface area contributed by atoms with Crippen LogP contribution in [-0.4, -0.2) is 42.6 Å². The smallest absolute Gasteiger partial charge is 0.408 e. The van der Waals surface area contributed by atoms with Gasteiger partial charge >= 0.3 is 6.09 Å². The summed E-state index contributed by atoms with van der Waals surface area (Å²) in [6.07, 6.45) is -0.678. The quantitative estimate of drug-likeness (QED) is 0.679. The summed E-state index contributed by atoms with van der Waals surface area (Å²) in [4.78, 5) is 34.4. The monoisotopic (exact) mass is 273 g/mol. The lowest BCUT2D eigenvalue weighted by atomic mass is 10.2. The van der Waals surface area contributed by atoms with E-state index in [0.29, 0.717) is 0 Å². The first-order valence-corrected chi connectivity index (χ1v) is 6.08. The number of ether oxygens (including phenoxy) is 1. The zero-order valence-electron chi connectivity index (χ0n) is 12.3. The number of nitrogens with one attached hydrogen (secondary N) is 3. The third kappa shape index (κ3) is 7.28. The normalized spacial score (nSPS) is 14.0. The van der Waals surface area contributed by atoms with Crippen LogP contribution >= 0.6 is 0 Å². The van der Waals surface area contributed by atoms with Crippen LogP contribution in [0.5, 0.6) is 0 Å². The van der Waals surface area contributed by atoms with Gasteiger partial charge in [-0.15, -0.1) is 0 Å². The van der Waals surface area contributed by atoms with Gasteiger partial charge in [0.15, 0.2) is 0 Å². The van der Waals surface area contributed by atoms with Gasteiger partial charge in [-0.2, -0.15) is 0 Å². The Bertz CT molecular complexity index is 349. The summed E-state index contributed by atoms with van der Waals surface area (Å²) in [5, 5.41) is 7.29. The minimum Gasteiger partial charge on any atom is -0.444 e. The van der Waals surface area contributed by atoms with Gasteiger partial charge in [-0.05, 0) is 34.6 Å². The Labute approximate surface area is 113 Å². The fourth-order valence-corrected chi connectivity index (χ4v) is 1.17. The Kier molecular flexibility index (Phi) is 6.31. The highest BCUT2D eigenvalue weighted by Gasteiger charge is 2.23. The van der Waals surface area contributed by atoms with Gasteiger partial charge in [-0.1, -0.05) is 0 Å². The van der Waals surface area contributed by atoms with Crippen molar-refractivity contribution in [3.05, 3.63) is 0 Å². The van der Waals surface area contributed by atoms with Gasteiger partial charge in [-0.25, -0.2) is 4.79 Å². The van der Waals surface area contributed by atoms with Crippen molar-refractivity contribution in [1.29, 1.82) is 0 Å². The number of hydrogen-bond donors (Lipinski definition) is 3. The van der Waals surface area contributed by atoms with Crippen LogP contribution in [0.4, 0.5) is 4.79 Å². The van der Waals surface area contributed by atoms with E-state index in [4.69, 9.17) is 4.74 Å². The van der Waals surface area contributed by atoms with Crippen LogP contribution in [0.1, 0.15) is 34.6 Å². The van der Waals surface area contributed by atoms with Gasteiger partial charge in [0.25, 0.3) is 0 Å². The Balaban J connectivity index is 4.28. The topological polar surface area (TPSA) is 96.5 Å². The van der Waals surface area contributed by atoms with Crippen LogP contribution in [-0.2, 0) is 14.3 Å². The van der Waals surface area contributed by atoms with Gasteiger partial charge in [0.2, 0.25) is 11.8 Å². The second-order valence-corrected chi connectivity index (χ2v) is 5.21. The molecule has 0 aromatic carbocycles. The summed E-state index contributed by atoms with van der Waals surface area (Å²) < 4.78 is 5.02. The molecule has 0 unspecified atom stereocenters. The van der Waals surface area contributed by atoms with Gasteiger partial charge in [0, 0.05) is 7.05 Å². The van der Waals surface area contributed by atoms with Crippen molar-refractivity contribution < 1.29 is 19.1 Å². The second kappa shape index (κ2) is 6.96. The largest absolute Gasteiger partial charge is 0.444 e. The molecule has 0 aliphatic rings. The van der Waals surface area contributed by atoms with Crippen LogP contribution < -0.4 is 16.0 Å². The SMILES string of the molecule is CNC(=O)[C@H](C)NC(=O)[C@H](C)NC(=O)OC(C)(C)C. The standard InChI is InChI=1S/C12H23N3O4/c1-7(9(16)13-6)14-10(17)8(2)15-11(18)19-12(3,4)5/h7-8H,1-6H3,(H,13,16)(H,14,17)(H,15,18)/t7-,8-/m0/s1. The van der Waals surface area contributed by atoms with Crippen molar-refractivity contribution >= 4 is 17.9 Å². The lowest BCUT2D eigenvalue weighted by Gasteiger charge is -2.22. The maximum absolute atomic E-state index is 11.7. The molecule has 0 aromatic rings. The first kappa shape index (κ1) is 17.2. The Morgan fingerprint density at radius 2 is 1.42 bits per heavy atom. The molecule has 2 atom stereocenters. The molecule has 0 radical (unpaired) electrons. The lowest BCUT2D eigenvalue weighted by Crippen LogP contribution is -2.51. The summed E-state index contributed by atoms with van der Waals surface area (Å²) in [5.74, 6) is -0.764. The van der Waals surface area contributed by atoms with Crippen molar-refractivity contribution in [2.24, 2.45) is 0 Å². The number of alkyl carbamates (subject to hydrolysis) is 1. The lowest BCUT2D eigenvalue weighted by molar-refractivity contribution is -0.129. The van der Waals surface area contributed by atoms with Crippen molar-refractivity contribution in [1.82, 2.24) is 16.0 Å². The van der Waals surface area contributed by atoms with Crippen LogP contribution in [0.15, 0.2) is 0 Å². The summed E-state index contributed by atoms with van der Waals surface area (Å²) in [7, 11) is 1.48. The number of hydrogen-bond acceptors (Lipinski definition) is 4. The molecule has 0 bridgehead atoms. The van der Waals surface area contributed by atoms with Crippen molar-refractivity contribution in [3.8, 4) is 0 Å². The molecule has 0 aliphatic heterocycles. The number of rotatable bonds is 4. The molecular formula is C12H23N3O4. The number of carbonyl (C=O) groups excluding carboxylic acids is 3. The van der Waals surface area contributed by atoms with Crippen molar-refractivity contribution in [3.63, 3.8) is 0 Å². The molecule has 0 fully saturated rings. The molecule has 0 heterocycles. The highest BCUT2D eigenvalue weighted by Crippen LogP contribution is 2.06. The molecule has 110 valence electrons. The van der Waals surface area contributed by atoms with Crippen LogP contribution in [0.25, 0.3) is 0 Å². The fourth-order valence-electron chi connectivity index (χ4n) is 1.17. The van der Waals surface area contributed by atoms with E-state index in [0.717, 1.165) is 0 Å². The van der Waals surface area contributed by atoms with E-state index >= 15 is 0 Å². The van der Waals surface area contributed by atoms with E-state index < -0.39 is 29.7 Å². The number of likely N-dealkylation sites (N-methyl/N-ethyl adjacent to an activating group) is 1. The molecule has 19 heavy (non-hydrogen) atoms. The average Bonchev–Trinajstić information content (AvgIpc) is 2.24. The minimum absolute atomic E-state index is 0.308. The second-order valence-electron chi connectivity index (χ2n) is 5.21. The number of carbonyl (C=O) groups is 3. The van der Waals surface area contributed by atoms with Gasteiger partial charge in [-0.3, -0.25) is 9.59 Å². The van der Waals surface area contributed by atoms with E-state index in [2.05, 4.69) is 16.0 Å². The van der Waals surface area contributed by atoms with E-state index in [1.165, 1.54) is 14.0 Å². The van der Waals surface area contributed by atoms with Gasteiger partial charge < -0.3 is 20.7 Å². The third-order valence-corrected chi connectivity index (χ3v) is 2.12. The fraction of sp³-hybridized carbons (Fsp3) is 0.750. The molecule has 7 nitrogen and oxygen atoms in total. The zero-order chi connectivity index (χ0) is 15.2. The van der Waals surface area contributed by atoms with Crippen LogP contribution in [0.2, 0.25) is 0 Å². The van der Waals surface area contributed by atoms with E-state index in [9.17, 15) is 14.4 Å². The Hall–Kier alpha value is -1.79. The molecule has 0 aliphatic carbocycles. The molecule has 0 saturated carbocycles. The van der Waals surface area contributed by atoms with Gasteiger partial charge in [0.1, 0.15) is 17.7 Å². The minimum atomic E-state index is -0.790. The van der Waals surface area contributed by atoms with E-state index in [-0.39, 0.29) is 5.91 Å². The summed E-state index contributed by atoms with van der Waals surface area (Å²) in [6, 6.07) is -1.46. The average molecular weight is 273 g/mol. The molecule has 0 aromatic heterocycles. The van der Waals surface area contributed by atoms with Crippen molar-refractivity contribution in [2.75, 3.05) is 7.05 Å². The van der Waals surface area contributed by atoms with Crippen LogP contribution in [0.3, 0.4) is 0 Å². The maximum atomic E-state index is 11.7. The molecule has 7 heteroatoms. The highest BCUT2D eigenvalue weighted by molar-refractivity contribution is 5.90. The van der Waals surface area contributed by atoms with Crippen LogP contribution in [0, 0.1) is 0 Å². The van der Waals surface area contributed by atoms with E-state index in [1.54, 1.807) is 27.7 Å².